The second kappa shape index (κ2) is 11.0. The SMILES string of the molecule is CC1=C(C=Cc2cccc(C=CC3=C(C)[C@@H]4CC[C@@H](C)[C@@H]5CC[C@@]6(C)OO[C@@]45[C@H](O3)O6)c2)O[C@@H]2O[C@@]3(C)CC[C@H]4[C@H](C)CC[C@@H]1[C@@]24OO3. The van der Waals surface area contributed by atoms with Crippen LogP contribution in [0.15, 0.2) is 59.1 Å². The van der Waals surface area contributed by atoms with Crippen molar-refractivity contribution in [2.75, 3.05) is 0 Å². The second-order valence-electron chi connectivity index (χ2n) is 16.4. The molecule has 8 heteroatoms. The molecule has 4 bridgehead atoms. The lowest BCUT2D eigenvalue weighted by Gasteiger charge is -2.57. The Kier molecular flexibility index (Phi) is 7.23. The van der Waals surface area contributed by atoms with Gasteiger partial charge in [-0.25, -0.2) is 19.6 Å². The van der Waals surface area contributed by atoms with Gasteiger partial charge in [0.25, 0.3) is 0 Å². The first-order valence-electron chi connectivity index (χ1n) is 18.3. The van der Waals surface area contributed by atoms with Crippen LogP contribution in [0.25, 0.3) is 12.2 Å². The van der Waals surface area contributed by atoms with Gasteiger partial charge in [-0.15, -0.1) is 0 Å². The monoisotopic (exact) mass is 658 g/mol. The van der Waals surface area contributed by atoms with E-state index in [0.29, 0.717) is 23.7 Å². The van der Waals surface area contributed by atoms with Gasteiger partial charge in [-0.2, -0.15) is 0 Å². The topological polar surface area (TPSA) is 73.8 Å². The van der Waals surface area contributed by atoms with E-state index >= 15 is 0 Å². The van der Waals surface area contributed by atoms with Crippen LogP contribution in [0.2, 0.25) is 0 Å². The maximum atomic E-state index is 6.67. The number of fused-ring (bicyclic) bond motifs is 4. The Bertz CT molecular complexity index is 1500. The third-order valence-electron chi connectivity index (χ3n) is 13.5. The van der Waals surface area contributed by atoms with E-state index in [4.69, 9.17) is 38.5 Å². The summed E-state index contributed by atoms with van der Waals surface area (Å²) in [6, 6.07) is 8.52. The van der Waals surface area contributed by atoms with E-state index in [-0.39, 0.29) is 11.8 Å². The number of allylic oxidation sites excluding steroid dienone is 2. The molecule has 8 fully saturated rings. The first-order chi connectivity index (χ1) is 23.0. The van der Waals surface area contributed by atoms with Crippen molar-refractivity contribution in [3.63, 3.8) is 0 Å². The number of hydrogen-bond acceptors (Lipinski definition) is 8. The van der Waals surface area contributed by atoms with Gasteiger partial charge in [-0.1, -0.05) is 44.2 Å². The molecule has 8 aliphatic heterocycles. The molecule has 2 saturated carbocycles. The molecule has 258 valence electrons. The highest BCUT2D eigenvalue weighted by molar-refractivity contribution is 5.60. The molecule has 0 radical (unpaired) electrons. The molecule has 2 aliphatic carbocycles. The molecule has 1 aromatic carbocycles. The molecule has 11 rings (SSSR count). The average molecular weight is 659 g/mol. The molecule has 0 N–H and O–H groups in total. The molecule has 1 aromatic rings. The number of benzene rings is 1. The molecule has 0 aromatic heterocycles. The van der Waals surface area contributed by atoms with Crippen LogP contribution in [-0.2, 0) is 38.5 Å². The van der Waals surface area contributed by atoms with Crippen molar-refractivity contribution in [2.45, 2.75) is 128 Å². The van der Waals surface area contributed by atoms with E-state index in [0.717, 1.165) is 61.2 Å². The third kappa shape index (κ3) is 4.55. The van der Waals surface area contributed by atoms with Crippen LogP contribution in [0, 0.1) is 35.5 Å². The third-order valence-corrected chi connectivity index (χ3v) is 13.5. The Hall–Kier alpha value is -2.46. The van der Waals surface area contributed by atoms with Gasteiger partial charge in [-0.3, -0.25) is 0 Å². The van der Waals surface area contributed by atoms with Crippen LogP contribution in [0.1, 0.15) is 104 Å². The number of hydrogen-bond donors (Lipinski definition) is 0. The zero-order chi connectivity index (χ0) is 33.1. The Morgan fingerprint density at radius 1 is 0.604 bits per heavy atom. The Labute approximate surface area is 284 Å². The summed E-state index contributed by atoms with van der Waals surface area (Å²) in [5.74, 6) is 2.28. The number of rotatable bonds is 4. The highest BCUT2D eigenvalue weighted by Crippen LogP contribution is 2.62. The standard InChI is InChI=1S/C40H50O8/c1-23-10-14-31-25(3)33(41-35-39(31)29(23)18-20-37(5,43-35)45-47-39)16-12-27-8-7-9-28(22-27)13-17-34-26(4)32-15-11-24(2)30-19-21-38(6)44-36(42-34)40(30,32)48-46-38/h7-9,12-13,16-17,22-24,29-32,35-36H,10-11,14-15,18-21H2,1-6H3/t23-,24-,29+,30+,31+,32+,35-,36-,37-,38-,39-,40-/m1/s1. The van der Waals surface area contributed by atoms with E-state index in [1.54, 1.807) is 0 Å². The van der Waals surface area contributed by atoms with E-state index in [9.17, 15) is 0 Å². The van der Waals surface area contributed by atoms with Crippen molar-refractivity contribution in [1.82, 2.24) is 0 Å². The minimum absolute atomic E-state index is 0.190. The highest BCUT2D eigenvalue weighted by atomic mass is 17.3. The fourth-order valence-electron chi connectivity index (χ4n) is 10.7. The summed E-state index contributed by atoms with van der Waals surface area (Å²) in [7, 11) is 0. The van der Waals surface area contributed by atoms with Crippen LogP contribution in [-0.4, -0.2) is 35.4 Å². The predicted molar refractivity (Wildman–Crippen MR) is 178 cm³/mol. The molecular weight excluding hydrogens is 608 g/mol. The summed E-state index contributed by atoms with van der Waals surface area (Å²) >= 11 is 0. The first-order valence-corrected chi connectivity index (χ1v) is 18.3. The molecule has 48 heavy (non-hydrogen) atoms. The first kappa shape index (κ1) is 31.5. The van der Waals surface area contributed by atoms with Crippen LogP contribution in [0.4, 0.5) is 0 Å². The van der Waals surface area contributed by atoms with Gasteiger partial charge in [0.2, 0.25) is 24.2 Å². The van der Waals surface area contributed by atoms with Gasteiger partial charge in [-0.05, 0) is 119 Å². The molecule has 8 nitrogen and oxygen atoms in total. The molecule has 2 spiro atoms. The predicted octanol–water partition coefficient (Wildman–Crippen LogP) is 8.75. The summed E-state index contributed by atoms with van der Waals surface area (Å²) in [6.45, 7) is 13.0. The van der Waals surface area contributed by atoms with Gasteiger partial charge < -0.3 is 18.9 Å². The van der Waals surface area contributed by atoms with Crippen LogP contribution in [0.3, 0.4) is 0 Å². The van der Waals surface area contributed by atoms with Crippen molar-refractivity contribution in [3.8, 4) is 0 Å². The molecule has 0 unspecified atom stereocenters. The minimum atomic E-state index is -0.785. The summed E-state index contributed by atoms with van der Waals surface area (Å²) < 4.78 is 26.4. The maximum absolute atomic E-state index is 6.67. The summed E-state index contributed by atoms with van der Waals surface area (Å²) in [5, 5.41) is 0. The van der Waals surface area contributed by atoms with E-state index in [1.165, 1.54) is 24.0 Å². The van der Waals surface area contributed by atoms with Crippen molar-refractivity contribution in [1.29, 1.82) is 0 Å². The molecule has 0 amide bonds. The smallest absolute Gasteiger partial charge is 0.235 e. The van der Waals surface area contributed by atoms with Crippen molar-refractivity contribution in [2.24, 2.45) is 35.5 Å². The van der Waals surface area contributed by atoms with E-state index < -0.39 is 35.4 Å². The zero-order valence-corrected chi connectivity index (χ0v) is 29.2. The average Bonchev–Trinajstić information content (AvgIpc) is 3.45. The van der Waals surface area contributed by atoms with Crippen molar-refractivity contribution in [3.05, 3.63) is 70.2 Å². The Balaban J connectivity index is 0.973. The lowest BCUT2D eigenvalue weighted by Crippen LogP contribution is -2.66. The fourth-order valence-corrected chi connectivity index (χ4v) is 10.7. The number of ether oxygens (including phenoxy) is 4. The minimum Gasteiger partial charge on any atom is -0.462 e. The highest BCUT2D eigenvalue weighted by Gasteiger charge is 2.69. The second-order valence-corrected chi connectivity index (χ2v) is 16.4. The van der Waals surface area contributed by atoms with Crippen LogP contribution in [0.5, 0.6) is 0 Å². The maximum Gasteiger partial charge on any atom is 0.235 e. The van der Waals surface area contributed by atoms with Gasteiger partial charge in [0.15, 0.2) is 11.2 Å². The molecule has 10 aliphatic rings. The van der Waals surface area contributed by atoms with Gasteiger partial charge in [0.1, 0.15) is 11.5 Å². The summed E-state index contributed by atoms with van der Waals surface area (Å²) in [5.41, 5.74) is 3.41. The van der Waals surface area contributed by atoms with Crippen LogP contribution >= 0.6 is 0 Å². The Morgan fingerprint density at radius 2 is 1.06 bits per heavy atom. The molecule has 12 atom stereocenters. The van der Waals surface area contributed by atoms with Gasteiger partial charge in [0.05, 0.1) is 0 Å². The lowest BCUT2D eigenvalue weighted by molar-refractivity contribution is -0.556. The quantitative estimate of drug-likeness (QED) is 0.298. The van der Waals surface area contributed by atoms with E-state index in [2.05, 4.69) is 76.3 Å². The zero-order valence-electron chi connectivity index (χ0n) is 29.2. The van der Waals surface area contributed by atoms with E-state index in [1.807, 2.05) is 13.8 Å². The normalized spacial score (nSPS) is 47.8. The summed E-state index contributed by atoms with van der Waals surface area (Å²) in [6.07, 6.45) is 15.5. The molecular formula is C40H50O8. The van der Waals surface area contributed by atoms with Gasteiger partial charge in [0, 0.05) is 36.5 Å². The fraction of sp³-hybridized carbons (Fsp3) is 0.650. The van der Waals surface area contributed by atoms with Crippen molar-refractivity contribution < 1.29 is 38.5 Å². The Morgan fingerprint density at radius 3 is 1.52 bits per heavy atom. The largest absolute Gasteiger partial charge is 0.462 e. The lowest BCUT2D eigenvalue weighted by atomic mass is 9.59. The van der Waals surface area contributed by atoms with Crippen LogP contribution < -0.4 is 0 Å². The van der Waals surface area contributed by atoms with Crippen molar-refractivity contribution >= 4 is 12.2 Å². The molecule has 8 heterocycles. The molecule has 6 saturated heterocycles. The van der Waals surface area contributed by atoms with Gasteiger partial charge >= 0.3 is 0 Å². The summed E-state index contributed by atoms with van der Waals surface area (Å²) in [4.78, 5) is 24.5.